The minimum Gasteiger partial charge on any atom is -0.507 e. The van der Waals surface area contributed by atoms with E-state index >= 15 is 0 Å². The lowest BCUT2D eigenvalue weighted by Crippen LogP contribution is -2.20. The van der Waals surface area contributed by atoms with E-state index in [0.717, 1.165) is 5.56 Å². The first-order valence-corrected chi connectivity index (χ1v) is 5.82. The number of hydrogen-bond donors (Lipinski definition) is 1. The zero-order valence-electron chi connectivity index (χ0n) is 10.0. The number of aromatic nitrogens is 3. The van der Waals surface area contributed by atoms with Gasteiger partial charge in [0, 0.05) is 24.7 Å². The lowest BCUT2D eigenvalue weighted by atomic mass is 10.2. The van der Waals surface area contributed by atoms with Crippen molar-refractivity contribution in [3.63, 3.8) is 0 Å². The summed E-state index contributed by atoms with van der Waals surface area (Å²) in [5.41, 5.74) is 1.09. The van der Waals surface area contributed by atoms with E-state index in [-0.39, 0.29) is 11.3 Å². The van der Waals surface area contributed by atoms with Gasteiger partial charge in [-0.05, 0) is 23.8 Å². The van der Waals surface area contributed by atoms with Gasteiger partial charge >= 0.3 is 0 Å². The van der Waals surface area contributed by atoms with Gasteiger partial charge in [0.15, 0.2) is 0 Å². The quantitative estimate of drug-likeness (QED) is 0.752. The van der Waals surface area contributed by atoms with Crippen LogP contribution in [0.4, 0.5) is 0 Å². The summed E-state index contributed by atoms with van der Waals surface area (Å²) < 4.78 is 1.52. The Kier molecular flexibility index (Phi) is 2.72. The topological polar surface area (TPSA) is 68.0 Å². The monoisotopic (exact) mass is 253 g/mol. The van der Waals surface area contributed by atoms with E-state index in [9.17, 15) is 9.90 Å². The normalized spacial score (nSPS) is 10.7. The molecule has 1 N–H and O–H groups in total. The van der Waals surface area contributed by atoms with Gasteiger partial charge in [-0.2, -0.15) is 0 Å². The van der Waals surface area contributed by atoms with Crippen LogP contribution in [0.5, 0.6) is 5.75 Å². The van der Waals surface area contributed by atoms with Crippen LogP contribution in [0.25, 0.3) is 11.0 Å². The maximum Gasteiger partial charge on any atom is 0.256 e. The highest BCUT2D eigenvalue weighted by Crippen LogP contribution is 2.20. The summed E-state index contributed by atoms with van der Waals surface area (Å²) in [5, 5.41) is 10.3. The molecule has 0 aliphatic heterocycles. The van der Waals surface area contributed by atoms with E-state index in [2.05, 4.69) is 9.97 Å². The van der Waals surface area contributed by atoms with Gasteiger partial charge in [0.05, 0.1) is 11.9 Å². The highest BCUT2D eigenvalue weighted by atomic mass is 16.3. The van der Waals surface area contributed by atoms with Crippen molar-refractivity contribution >= 4 is 11.0 Å². The number of nitrogens with zero attached hydrogens (tertiary/aromatic N) is 3. The molecule has 0 saturated carbocycles. The highest BCUT2D eigenvalue weighted by Gasteiger charge is 2.09. The number of aromatic hydroxyl groups is 1. The number of fused-ring (bicyclic) bond motifs is 1. The molecule has 0 radical (unpaired) electrons. The van der Waals surface area contributed by atoms with Crippen LogP contribution in [0.15, 0.2) is 53.7 Å². The third-order valence-corrected chi connectivity index (χ3v) is 2.91. The molecular formula is C14H11N3O2. The Bertz CT molecular complexity index is 782. The van der Waals surface area contributed by atoms with Gasteiger partial charge in [-0.15, -0.1) is 0 Å². The molecule has 0 fully saturated rings. The lowest BCUT2D eigenvalue weighted by molar-refractivity contribution is 0.479. The second-order valence-electron chi connectivity index (χ2n) is 4.19. The van der Waals surface area contributed by atoms with Crippen molar-refractivity contribution in [2.24, 2.45) is 0 Å². The van der Waals surface area contributed by atoms with Crippen LogP contribution in [-0.2, 0) is 6.54 Å². The molecule has 0 aromatic carbocycles. The molecule has 0 amide bonds. The van der Waals surface area contributed by atoms with Crippen molar-refractivity contribution in [1.29, 1.82) is 0 Å². The zero-order chi connectivity index (χ0) is 13.2. The summed E-state index contributed by atoms with van der Waals surface area (Å²) in [6.45, 7) is 0.375. The SMILES string of the molecule is O=c1cc(O)c2cccnc2n1Cc1cccnc1. The average molecular weight is 253 g/mol. The van der Waals surface area contributed by atoms with Crippen molar-refractivity contribution in [2.75, 3.05) is 0 Å². The van der Waals surface area contributed by atoms with Gasteiger partial charge in [-0.3, -0.25) is 14.3 Å². The number of rotatable bonds is 2. The molecule has 5 nitrogen and oxygen atoms in total. The minimum atomic E-state index is -0.285. The molecule has 3 rings (SSSR count). The summed E-state index contributed by atoms with van der Waals surface area (Å²) in [7, 11) is 0. The first kappa shape index (κ1) is 11.4. The smallest absolute Gasteiger partial charge is 0.256 e. The molecule has 0 spiro atoms. The molecule has 94 valence electrons. The van der Waals surface area contributed by atoms with Gasteiger partial charge in [-0.25, -0.2) is 4.98 Å². The Hall–Kier alpha value is -2.69. The van der Waals surface area contributed by atoms with Crippen LogP contribution in [0.2, 0.25) is 0 Å². The molecule has 0 aliphatic carbocycles. The largest absolute Gasteiger partial charge is 0.507 e. The van der Waals surface area contributed by atoms with E-state index in [1.807, 2.05) is 12.1 Å². The second kappa shape index (κ2) is 4.53. The molecule has 3 heterocycles. The second-order valence-corrected chi connectivity index (χ2v) is 4.19. The molecule has 0 saturated heterocycles. The van der Waals surface area contributed by atoms with Crippen molar-refractivity contribution in [3.8, 4) is 5.75 Å². The van der Waals surface area contributed by atoms with Crippen molar-refractivity contribution < 1.29 is 5.11 Å². The van der Waals surface area contributed by atoms with Crippen LogP contribution < -0.4 is 5.56 Å². The first-order chi connectivity index (χ1) is 9.25. The Labute approximate surface area is 108 Å². The molecule has 3 aromatic heterocycles. The number of hydrogen-bond acceptors (Lipinski definition) is 4. The Morgan fingerprint density at radius 2 is 2.05 bits per heavy atom. The molecule has 5 heteroatoms. The molecule has 0 unspecified atom stereocenters. The van der Waals surface area contributed by atoms with Gasteiger partial charge in [0.2, 0.25) is 0 Å². The summed E-state index contributed by atoms with van der Waals surface area (Å²) in [4.78, 5) is 20.2. The summed E-state index contributed by atoms with van der Waals surface area (Å²) >= 11 is 0. The fraction of sp³-hybridized carbons (Fsp3) is 0.0714. The summed E-state index contributed by atoms with van der Waals surface area (Å²) in [5.74, 6) is -0.0458. The Morgan fingerprint density at radius 3 is 2.84 bits per heavy atom. The first-order valence-electron chi connectivity index (χ1n) is 5.82. The summed E-state index contributed by atoms with van der Waals surface area (Å²) in [6, 6.07) is 8.37. The van der Waals surface area contributed by atoms with Crippen molar-refractivity contribution in [3.05, 3.63) is 64.8 Å². The van der Waals surface area contributed by atoms with Crippen LogP contribution in [0, 0.1) is 0 Å². The standard InChI is InChI=1S/C14H11N3O2/c18-12-7-13(19)17(9-10-3-1-5-15-8-10)14-11(12)4-2-6-16-14/h1-8,18H,9H2. The van der Waals surface area contributed by atoms with Crippen LogP contribution in [-0.4, -0.2) is 19.6 Å². The summed E-state index contributed by atoms with van der Waals surface area (Å²) in [6.07, 6.45) is 4.98. The fourth-order valence-electron chi connectivity index (χ4n) is 2.02. The predicted molar refractivity (Wildman–Crippen MR) is 71.0 cm³/mol. The fourth-order valence-corrected chi connectivity index (χ4v) is 2.02. The third kappa shape index (κ3) is 2.06. The van der Waals surface area contributed by atoms with E-state index in [1.54, 1.807) is 30.7 Å². The van der Waals surface area contributed by atoms with E-state index in [0.29, 0.717) is 17.6 Å². The predicted octanol–water partition coefficient (Wildman–Crippen LogP) is 1.55. The van der Waals surface area contributed by atoms with Crippen molar-refractivity contribution in [2.45, 2.75) is 6.54 Å². The molecule has 19 heavy (non-hydrogen) atoms. The zero-order valence-corrected chi connectivity index (χ0v) is 10.0. The highest BCUT2D eigenvalue weighted by molar-refractivity contribution is 5.81. The van der Waals surface area contributed by atoms with Gasteiger partial charge in [-0.1, -0.05) is 6.07 Å². The van der Waals surface area contributed by atoms with E-state index in [4.69, 9.17) is 0 Å². The average Bonchev–Trinajstić information content (AvgIpc) is 2.45. The van der Waals surface area contributed by atoms with Gasteiger partial charge in [0.25, 0.3) is 5.56 Å². The third-order valence-electron chi connectivity index (χ3n) is 2.91. The maximum absolute atomic E-state index is 12.0. The van der Waals surface area contributed by atoms with Gasteiger partial charge < -0.3 is 5.11 Å². The van der Waals surface area contributed by atoms with E-state index in [1.165, 1.54) is 10.6 Å². The Morgan fingerprint density at radius 1 is 1.21 bits per heavy atom. The molecular weight excluding hydrogens is 242 g/mol. The van der Waals surface area contributed by atoms with Crippen molar-refractivity contribution in [1.82, 2.24) is 14.5 Å². The Balaban J connectivity index is 2.21. The molecule has 0 aliphatic rings. The minimum absolute atomic E-state index is 0.0458. The van der Waals surface area contributed by atoms with Gasteiger partial charge in [0.1, 0.15) is 11.4 Å². The van der Waals surface area contributed by atoms with E-state index < -0.39 is 0 Å². The molecule has 0 bridgehead atoms. The molecule has 0 atom stereocenters. The van der Waals surface area contributed by atoms with Crippen LogP contribution in [0.1, 0.15) is 5.56 Å². The molecule has 3 aromatic rings. The van der Waals surface area contributed by atoms with Crippen LogP contribution >= 0.6 is 0 Å². The maximum atomic E-state index is 12.0. The lowest BCUT2D eigenvalue weighted by Gasteiger charge is -2.09. The van der Waals surface area contributed by atoms with Crippen LogP contribution in [0.3, 0.4) is 0 Å². The number of pyridine rings is 3.